The van der Waals surface area contributed by atoms with E-state index in [9.17, 15) is 4.79 Å². The Balaban J connectivity index is 2.17. The zero-order chi connectivity index (χ0) is 14.7. The summed E-state index contributed by atoms with van der Waals surface area (Å²) in [5, 5.41) is 12.9. The Kier molecular flexibility index (Phi) is 4.65. The van der Waals surface area contributed by atoms with Gasteiger partial charge in [0.05, 0.1) is 5.71 Å². The first-order valence-corrected chi connectivity index (χ1v) is 7.20. The van der Waals surface area contributed by atoms with Crippen molar-refractivity contribution in [2.45, 2.75) is 26.7 Å². The lowest BCUT2D eigenvalue weighted by Crippen LogP contribution is -2.44. The number of carbonyl (C=O) groups excluding carboxylic acids is 1. The van der Waals surface area contributed by atoms with Crippen molar-refractivity contribution in [2.75, 3.05) is 13.1 Å². The minimum atomic E-state index is -0.00830. The molecule has 1 aliphatic heterocycles. The van der Waals surface area contributed by atoms with Crippen molar-refractivity contribution in [2.24, 2.45) is 11.1 Å². The molecule has 1 saturated heterocycles. The van der Waals surface area contributed by atoms with E-state index < -0.39 is 0 Å². The SMILES string of the molecule is CCC1CN(C(=O)c2cc(C)cc(Cl)c2)CC/C1=N\O. The molecule has 0 spiro atoms. The quantitative estimate of drug-likeness (QED) is 0.672. The van der Waals surface area contributed by atoms with Crippen LogP contribution in [0.1, 0.15) is 35.7 Å². The molecule has 0 aliphatic carbocycles. The van der Waals surface area contributed by atoms with Gasteiger partial charge in [0.2, 0.25) is 0 Å². The van der Waals surface area contributed by atoms with Crippen LogP contribution in [0.15, 0.2) is 23.4 Å². The number of aryl methyl sites for hydroxylation is 1. The summed E-state index contributed by atoms with van der Waals surface area (Å²) in [5.74, 6) is 0.129. The lowest BCUT2D eigenvalue weighted by atomic mass is 9.93. The number of halogens is 1. The number of likely N-dealkylation sites (tertiary alicyclic amines) is 1. The van der Waals surface area contributed by atoms with Crippen LogP contribution in [0.5, 0.6) is 0 Å². The van der Waals surface area contributed by atoms with Crippen molar-refractivity contribution in [1.82, 2.24) is 4.90 Å². The third-order valence-corrected chi connectivity index (χ3v) is 3.97. The largest absolute Gasteiger partial charge is 0.411 e. The van der Waals surface area contributed by atoms with Crippen LogP contribution in [0.4, 0.5) is 0 Å². The number of hydrogen-bond donors (Lipinski definition) is 1. The summed E-state index contributed by atoms with van der Waals surface area (Å²) in [6, 6.07) is 5.39. The maximum absolute atomic E-state index is 12.5. The fraction of sp³-hybridized carbons (Fsp3) is 0.467. The van der Waals surface area contributed by atoms with Crippen LogP contribution in [0.25, 0.3) is 0 Å². The molecular weight excluding hydrogens is 276 g/mol. The van der Waals surface area contributed by atoms with Gasteiger partial charge in [-0.05, 0) is 37.1 Å². The standard InChI is InChI=1S/C15H19ClN2O2/c1-3-11-9-18(5-4-14(11)17-20)15(19)12-6-10(2)7-13(16)8-12/h6-8,11,20H,3-5,9H2,1-2H3/b17-14+. The molecule has 1 unspecified atom stereocenters. The molecule has 4 nitrogen and oxygen atoms in total. The molecule has 1 heterocycles. The van der Waals surface area contributed by atoms with Crippen LogP contribution >= 0.6 is 11.6 Å². The number of amides is 1. The summed E-state index contributed by atoms with van der Waals surface area (Å²) in [5.41, 5.74) is 2.38. The zero-order valence-electron chi connectivity index (χ0n) is 11.8. The van der Waals surface area contributed by atoms with E-state index in [0.29, 0.717) is 30.1 Å². The zero-order valence-corrected chi connectivity index (χ0v) is 12.5. The first kappa shape index (κ1) is 14.9. The van der Waals surface area contributed by atoms with E-state index in [0.717, 1.165) is 17.7 Å². The molecule has 0 saturated carbocycles. The molecule has 1 N–H and O–H groups in total. The average molecular weight is 295 g/mol. The second-order valence-corrected chi connectivity index (χ2v) is 5.65. The number of benzene rings is 1. The van der Waals surface area contributed by atoms with Crippen molar-refractivity contribution >= 4 is 23.2 Å². The summed E-state index contributed by atoms with van der Waals surface area (Å²) in [6.45, 7) is 5.14. The van der Waals surface area contributed by atoms with Gasteiger partial charge < -0.3 is 10.1 Å². The number of oxime groups is 1. The fourth-order valence-electron chi connectivity index (χ4n) is 2.64. The van der Waals surface area contributed by atoms with Gasteiger partial charge in [-0.1, -0.05) is 23.7 Å². The molecule has 0 radical (unpaired) electrons. The average Bonchev–Trinajstić information content (AvgIpc) is 2.44. The molecule has 1 aromatic rings. The Bertz CT molecular complexity index is 522. The van der Waals surface area contributed by atoms with Crippen molar-refractivity contribution in [1.29, 1.82) is 0 Å². The first-order chi connectivity index (χ1) is 9.55. The van der Waals surface area contributed by atoms with Gasteiger partial charge in [-0.3, -0.25) is 4.79 Å². The number of hydrogen-bond acceptors (Lipinski definition) is 3. The predicted molar refractivity (Wildman–Crippen MR) is 79.7 cm³/mol. The van der Waals surface area contributed by atoms with Gasteiger partial charge in [0.25, 0.3) is 5.91 Å². The molecule has 1 aromatic carbocycles. The molecule has 1 fully saturated rings. The summed E-state index contributed by atoms with van der Waals surface area (Å²) in [7, 11) is 0. The third kappa shape index (κ3) is 3.12. The highest BCUT2D eigenvalue weighted by molar-refractivity contribution is 6.31. The minimum Gasteiger partial charge on any atom is -0.411 e. The maximum atomic E-state index is 12.5. The molecule has 1 atom stereocenters. The molecule has 1 amide bonds. The number of piperidine rings is 1. The highest BCUT2D eigenvalue weighted by Gasteiger charge is 2.28. The summed E-state index contributed by atoms with van der Waals surface area (Å²) >= 11 is 6.01. The second kappa shape index (κ2) is 6.27. The van der Waals surface area contributed by atoms with Crippen LogP contribution in [-0.4, -0.2) is 34.8 Å². The summed E-state index contributed by atoms with van der Waals surface area (Å²) in [4.78, 5) is 14.3. The van der Waals surface area contributed by atoms with Crippen molar-refractivity contribution < 1.29 is 10.0 Å². The molecule has 1 aliphatic rings. The Morgan fingerprint density at radius 1 is 1.50 bits per heavy atom. The van der Waals surface area contributed by atoms with E-state index >= 15 is 0 Å². The Morgan fingerprint density at radius 3 is 2.85 bits per heavy atom. The molecular formula is C15H19ClN2O2. The van der Waals surface area contributed by atoms with Crippen LogP contribution < -0.4 is 0 Å². The molecule has 20 heavy (non-hydrogen) atoms. The lowest BCUT2D eigenvalue weighted by Gasteiger charge is -2.33. The number of nitrogens with zero attached hydrogens (tertiary/aromatic N) is 2. The Hall–Kier alpha value is -1.55. The normalized spacial score (nSPS) is 21.2. The van der Waals surface area contributed by atoms with Gasteiger partial charge >= 0.3 is 0 Å². The number of rotatable bonds is 2. The van der Waals surface area contributed by atoms with Gasteiger partial charge in [0.15, 0.2) is 0 Å². The molecule has 0 aromatic heterocycles. The molecule has 2 rings (SSSR count). The van der Waals surface area contributed by atoms with Crippen molar-refractivity contribution in [3.05, 3.63) is 34.3 Å². The highest BCUT2D eigenvalue weighted by Crippen LogP contribution is 2.21. The Morgan fingerprint density at radius 2 is 2.25 bits per heavy atom. The second-order valence-electron chi connectivity index (χ2n) is 5.21. The van der Waals surface area contributed by atoms with E-state index in [4.69, 9.17) is 16.8 Å². The van der Waals surface area contributed by atoms with E-state index in [1.54, 1.807) is 6.07 Å². The third-order valence-electron chi connectivity index (χ3n) is 3.75. The minimum absolute atomic E-state index is 0.00830. The first-order valence-electron chi connectivity index (χ1n) is 6.82. The van der Waals surface area contributed by atoms with Gasteiger partial charge in [-0.25, -0.2) is 0 Å². The lowest BCUT2D eigenvalue weighted by molar-refractivity contribution is 0.0729. The predicted octanol–water partition coefficient (Wildman–Crippen LogP) is 3.35. The van der Waals surface area contributed by atoms with Gasteiger partial charge in [-0.2, -0.15) is 0 Å². The van der Waals surface area contributed by atoms with Crippen molar-refractivity contribution in [3.63, 3.8) is 0 Å². The summed E-state index contributed by atoms with van der Waals surface area (Å²) < 4.78 is 0. The fourth-order valence-corrected chi connectivity index (χ4v) is 2.93. The van der Waals surface area contributed by atoms with Crippen molar-refractivity contribution in [3.8, 4) is 0 Å². The van der Waals surface area contributed by atoms with Gasteiger partial charge in [0.1, 0.15) is 0 Å². The monoisotopic (exact) mass is 294 g/mol. The molecule has 5 heteroatoms. The van der Waals surface area contributed by atoms with Gasteiger partial charge in [0, 0.05) is 36.0 Å². The van der Waals surface area contributed by atoms with Crippen LogP contribution in [0.2, 0.25) is 5.02 Å². The number of carbonyl (C=O) groups is 1. The molecule has 0 bridgehead atoms. The summed E-state index contributed by atoms with van der Waals surface area (Å²) in [6.07, 6.45) is 1.48. The van der Waals surface area contributed by atoms with Crippen LogP contribution in [0.3, 0.4) is 0 Å². The van der Waals surface area contributed by atoms with Crippen LogP contribution in [-0.2, 0) is 0 Å². The van der Waals surface area contributed by atoms with E-state index in [2.05, 4.69) is 5.16 Å². The van der Waals surface area contributed by atoms with E-state index in [1.807, 2.05) is 30.9 Å². The topological polar surface area (TPSA) is 52.9 Å². The smallest absolute Gasteiger partial charge is 0.253 e. The molecule has 108 valence electrons. The highest BCUT2D eigenvalue weighted by atomic mass is 35.5. The van der Waals surface area contributed by atoms with Gasteiger partial charge in [-0.15, -0.1) is 0 Å². The van der Waals surface area contributed by atoms with Crippen LogP contribution in [0, 0.1) is 12.8 Å². The van der Waals surface area contributed by atoms with E-state index in [-0.39, 0.29) is 11.8 Å². The Labute approximate surface area is 124 Å². The van der Waals surface area contributed by atoms with E-state index in [1.165, 1.54) is 0 Å². The maximum Gasteiger partial charge on any atom is 0.253 e.